The van der Waals surface area contributed by atoms with E-state index in [4.69, 9.17) is 5.73 Å². The Morgan fingerprint density at radius 2 is 0.840 bits per heavy atom. The first-order valence-corrected chi connectivity index (χ1v) is 15.6. The summed E-state index contributed by atoms with van der Waals surface area (Å²) in [4.78, 5) is 106. The van der Waals surface area contributed by atoms with Crippen LogP contribution in [0.1, 0.15) is 36.6 Å². The Labute approximate surface area is 285 Å². The molecule has 0 aliphatic carbocycles. The zero-order chi connectivity index (χ0) is 36.0. The lowest BCUT2D eigenvalue weighted by atomic mass is 10.0. The summed E-state index contributed by atoms with van der Waals surface area (Å²) in [7, 11) is 0. The number of aromatic amines is 4. The van der Waals surface area contributed by atoms with Gasteiger partial charge < -0.3 is 57.0 Å². The van der Waals surface area contributed by atoms with Crippen molar-refractivity contribution in [2.75, 3.05) is 0 Å². The van der Waals surface area contributed by atoms with Gasteiger partial charge in [-0.1, -0.05) is 0 Å². The maximum absolute atomic E-state index is 14.0. The molecule has 4 rings (SSSR count). The van der Waals surface area contributed by atoms with Crippen LogP contribution >= 0.6 is 0 Å². The summed E-state index contributed by atoms with van der Waals surface area (Å²) in [5, 5.41) is 13.2. The number of rotatable bonds is 19. The third-order valence-corrected chi connectivity index (χ3v) is 7.44. The first-order valence-electron chi connectivity index (χ1n) is 15.6. The smallest absolute Gasteiger partial charge is 0.243 e. The molecule has 50 heavy (non-hydrogen) atoms. The van der Waals surface area contributed by atoms with Crippen molar-refractivity contribution in [2.45, 2.75) is 75.8 Å². The Morgan fingerprint density at radius 3 is 1.08 bits per heavy atom. The van der Waals surface area contributed by atoms with Crippen LogP contribution in [0, 0.1) is 0 Å². The Kier molecular flexibility index (Phi) is 13.1. The second-order valence-corrected chi connectivity index (χ2v) is 11.6. The highest BCUT2D eigenvalue weighted by molar-refractivity contribution is 5.96. The Hall–Kier alpha value is -6.18. The summed E-state index contributed by atoms with van der Waals surface area (Å²) in [5.41, 5.74) is 7.78. The van der Waals surface area contributed by atoms with Gasteiger partial charge in [0.25, 0.3) is 0 Å². The predicted molar refractivity (Wildman–Crippen MR) is 174 cm³/mol. The van der Waals surface area contributed by atoms with Gasteiger partial charge in [-0.25, -0.2) is 19.9 Å². The van der Waals surface area contributed by atoms with Crippen molar-refractivity contribution in [3.8, 4) is 0 Å². The number of H-pyrrole nitrogens is 4. The number of nitrogens with two attached hydrogens (primary N) is 1. The molecule has 0 saturated heterocycles. The van der Waals surface area contributed by atoms with Crippen molar-refractivity contribution < 1.29 is 28.8 Å². The highest BCUT2D eigenvalue weighted by Crippen LogP contribution is 2.07. The van der Waals surface area contributed by atoms with Crippen LogP contribution in [0.3, 0.4) is 0 Å². The van der Waals surface area contributed by atoms with Gasteiger partial charge in [-0.15, -0.1) is 0 Å². The third-order valence-electron chi connectivity index (χ3n) is 7.44. The highest BCUT2D eigenvalue weighted by Gasteiger charge is 2.33. The molecule has 0 aliphatic heterocycles. The molecule has 0 saturated carbocycles. The second kappa shape index (κ2) is 17.8. The first-order chi connectivity index (χ1) is 24.0. The van der Waals surface area contributed by atoms with E-state index in [2.05, 4.69) is 66.5 Å². The number of amides is 5. The molecular formula is C30H40N14O6. The van der Waals surface area contributed by atoms with Gasteiger partial charge in [0.1, 0.15) is 30.5 Å². The van der Waals surface area contributed by atoms with Gasteiger partial charge in [0.15, 0.2) is 0 Å². The minimum absolute atomic E-state index is 0.00274. The van der Waals surface area contributed by atoms with E-state index in [1.54, 1.807) is 0 Å². The third kappa shape index (κ3) is 10.9. The van der Waals surface area contributed by atoms with Crippen LogP contribution in [-0.4, -0.2) is 112 Å². The normalized spacial score (nSPS) is 14.6. The van der Waals surface area contributed by atoms with Gasteiger partial charge in [-0.05, 0) is 13.8 Å². The lowest BCUT2D eigenvalue weighted by Crippen LogP contribution is -2.60. The summed E-state index contributed by atoms with van der Waals surface area (Å²) in [5.74, 6) is -3.43. The van der Waals surface area contributed by atoms with Gasteiger partial charge in [-0.3, -0.25) is 24.0 Å². The van der Waals surface area contributed by atoms with E-state index in [0.717, 1.165) is 0 Å². The van der Waals surface area contributed by atoms with Gasteiger partial charge in [0.05, 0.1) is 37.4 Å². The van der Waals surface area contributed by atoms with E-state index in [1.165, 1.54) is 63.9 Å². The topological polar surface area (TPSA) is 303 Å². The van der Waals surface area contributed by atoms with E-state index in [1.807, 2.05) is 0 Å². The molecule has 0 aliphatic rings. The van der Waals surface area contributed by atoms with Crippen LogP contribution in [0.2, 0.25) is 0 Å². The average molecular weight is 693 g/mol. The van der Waals surface area contributed by atoms with Crippen LogP contribution in [0.25, 0.3) is 0 Å². The van der Waals surface area contributed by atoms with E-state index in [9.17, 15) is 28.8 Å². The van der Waals surface area contributed by atoms with Crippen LogP contribution in [0.5, 0.6) is 0 Å². The molecule has 0 unspecified atom stereocenters. The average Bonchev–Trinajstić information content (AvgIpc) is 3.93. The van der Waals surface area contributed by atoms with E-state index < -0.39 is 65.8 Å². The minimum Gasteiger partial charge on any atom is -0.348 e. The zero-order valence-electron chi connectivity index (χ0n) is 27.3. The molecule has 4 aromatic rings. The molecule has 4 heterocycles. The molecule has 0 aromatic carbocycles. The van der Waals surface area contributed by atoms with Gasteiger partial charge in [0, 0.05) is 73.2 Å². The predicted octanol–water partition coefficient (Wildman–Crippen LogP) is -3.16. The zero-order valence-corrected chi connectivity index (χ0v) is 27.3. The quantitative estimate of drug-likeness (QED) is 0.0437. The van der Waals surface area contributed by atoms with Crippen molar-refractivity contribution in [1.29, 1.82) is 0 Å². The molecule has 0 spiro atoms. The van der Waals surface area contributed by atoms with Gasteiger partial charge in [0.2, 0.25) is 29.5 Å². The molecule has 6 atom stereocenters. The molecule has 5 amide bonds. The largest absolute Gasteiger partial charge is 0.348 e. The first kappa shape index (κ1) is 36.7. The highest BCUT2D eigenvalue weighted by atomic mass is 16.2. The van der Waals surface area contributed by atoms with E-state index in [0.29, 0.717) is 29.1 Å². The van der Waals surface area contributed by atoms with Gasteiger partial charge >= 0.3 is 0 Å². The lowest BCUT2D eigenvalue weighted by molar-refractivity contribution is -0.134. The molecule has 0 radical (unpaired) electrons. The summed E-state index contributed by atoms with van der Waals surface area (Å²) in [6, 6.07) is -6.60. The molecule has 20 nitrogen and oxygen atoms in total. The lowest BCUT2D eigenvalue weighted by Gasteiger charge is -2.26. The molecule has 0 fully saturated rings. The number of nitrogens with one attached hydrogen (secondary N) is 9. The minimum atomic E-state index is -1.27. The van der Waals surface area contributed by atoms with Crippen LogP contribution in [0.15, 0.2) is 50.1 Å². The van der Waals surface area contributed by atoms with Crippen LogP contribution in [-0.2, 0) is 54.5 Å². The fraction of sp³-hybridized carbons (Fsp3) is 0.400. The summed E-state index contributed by atoms with van der Waals surface area (Å²) in [6.45, 7) is 2.95. The molecule has 20 heteroatoms. The standard InChI is InChI=1S/C30H40N14O6/c1-16(11-45)40-27(47)22(3-18-7-32-12-36-18)42-29(49)24(5-20-9-34-14-38-20)44-30(50)25(6-21-10-35-15-39-21)43-28(48)23(41-26(46)17(2)31)4-19-8-33-13-37-19/h7-17,22-25H,3-6,31H2,1-2H3,(H,32,36)(H,33,37)(H,34,38)(H,35,39)(H,40,47)(H,41,46)(H,42,49)(H,43,48)(H,44,50)/t16-,17-,22-,23-,24-,25-/m0/s1. The van der Waals surface area contributed by atoms with Crippen molar-refractivity contribution >= 4 is 35.8 Å². The molecule has 266 valence electrons. The second-order valence-electron chi connectivity index (χ2n) is 11.6. The van der Waals surface area contributed by atoms with Crippen molar-refractivity contribution in [1.82, 2.24) is 66.5 Å². The fourth-order valence-corrected chi connectivity index (χ4v) is 4.78. The SMILES string of the molecule is C[C@H](N)C(=O)N[C@@H](Cc1cnc[nH]1)C(=O)N[C@@H](Cc1cnc[nH]1)C(=O)N[C@@H](Cc1cnc[nH]1)C(=O)N[C@@H](Cc1cnc[nH]1)C(=O)N[C@@H](C)C=O. The van der Waals surface area contributed by atoms with Crippen molar-refractivity contribution in [3.05, 3.63) is 72.9 Å². The van der Waals surface area contributed by atoms with E-state index in [-0.39, 0.29) is 25.7 Å². The Bertz CT molecular complexity index is 1670. The number of hydrogen-bond acceptors (Lipinski definition) is 11. The number of carbonyl (C=O) groups is 6. The number of carbonyl (C=O) groups excluding carboxylic acids is 6. The van der Waals surface area contributed by atoms with Crippen LogP contribution < -0.4 is 32.3 Å². The number of aldehydes is 1. The summed E-state index contributed by atoms with van der Waals surface area (Å²) in [6.07, 6.45) is 12.0. The molecular weight excluding hydrogens is 652 g/mol. The number of aromatic nitrogens is 8. The van der Waals surface area contributed by atoms with Crippen molar-refractivity contribution in [2.24, 2.45) is 5.73 Å². The number of imidazole rings is 4. The Morgan fingerprint density at radius 1 is 0.560 bits per heavy atom. The summed E-state index contributed by atoms with van der Waals surface area (Å²) >= 11 is 0. The van der Waals surface area contributed by atoms with E-state index >= 15 is 0 Å². The summed E-state index contributed by atoms with van der Waals surface area (Å²) < 4.78 is 0. The Balaban J connectivity index is 1.57. The van der Waals surface area contributed by atoms with Gasteiger partial charge in [-0.2, -0.15) is 0 Å². The van der Waals surface area contributed by atoms with Crippen LogP contribution in [0.4, 0.5) is 0 Å². The maximum Gasteiger partial charge on any atom is 0.243 e. The van der Waals surface area contributed by atoms with Crippen molar-refractivity contribution in [3.63, 3.8) is 0 Å². The molecule has 4 aromatic heterocycles. The number of nitrogens with zero attached hydrogens (tertiary/aromatic N) is 4. The number of hydrogen-bond donors (Lipinski definition) is 10. The maximum atomic E-state index is 14.0. The fourth-order valence-electron chi connectivity index (χ4n) is 4.78. The monoisotopic (exact) mass is 692 g/mol. The molecule has 11 N–H and O–H groups in total. The molecule has 0 bridgehead atoms.